The normalized spacial score (nSPS) is 20.5. The first-order valence-electron chi connectivity index (χ1n) is 16.3. The number of allylic oxidation sites excluding steroid dienone is 6. The Bertz CT molecular complexity index is 2260. The summed E-state index contributed by atoms with van der Waals surface area (Å²) < 4.78 is 154. The summed E-state index contributed by atoms with van der Waals surface area (Å²) in [6.07, 6.45) is -0.760. The maximum Gasteiger partial charge on any atom is 0.380 e. The largest absolute Gasteiger partial charge is 0.380 e. The number of halogens is 6. The van der Waals surface area contributed by atoms with Gasteiger partial charge in [-0.2, -0.15) is 26.3 Å². The second-order valence-electron chi connectivity index (χ2n) is 12.7. The van der Waals surface area contributed by atoms with Crippen molar-refractivity contribution in [3.05, 3.63) is 129 Å². The Balaban J connectivity index is 1.59. The first kappa shape index (κ1) is 35.0. The summed E-state index contributed by atoms with van der Waals surface area (Å²) in [5, 5.41) is 0. The second-order valence-corrected chi connectivity index (χ2v) is 16.6. The first-order valence-corrected chi connectivity index (χ1v) is 19.3. The van der Waals surface area contributed by atoms with Gasteiger partial charge in [0.15, 0.2) is 0 Å². The molecule has 4 aromatic rings. The summed E-state index contributed by atoms with van der Waals surface area (Å²) in [5.74, 6) is -17.3. The third kappa shape index (κ3) is 4.85. The van der Waals surface area contributed by atoms with Crippen LogP contribution in [0.15, 0.2) is 128 Å². The molecule has 0 aromatic heterocycles. The molecule has 0 N–H and O–H groups in total. The second kappa shape index (κ2) is 11.8. The molecule has 0 unspecified atom stereocenters. The van der Waals surface area contributed by atoms with Gasteiger partial charge in [-0.3, -0.25) is 0 Å². The van der Waals surface area contributed by atoms with E-state index in [-0.39, 0.29) is 12.8 Å². The van der Waals surface area contributed by atoms with Crippen LogP contribution in [0.1, 0.15) is 50.7 Å². The molecule has 2 aliphatic heterocycles. The van der Waals surface area contributed by atoms with Crippen molar-refractivity contribution in [1.82, 2.24) is 0 Å². The minimum atomic E-state index is -6.05. The lowest BCUT2D eigenvalue weighted by Gasteiger charge is -2.26. The number of fused-ring (bicyclic) bond motifs is 2. The highest BCUT2D eigenvalue weighted by molar-refractivity contribution is 7.96. The molecule has 0 saturated heterocycles. The zero-order valence-corrected chi connectivity index (χ0v) is 28.9. The zero-order chi connectivity index (χ0) is 36.7. The third-order valence-electron chi connectivity index (χ3n) is 9.62. The van der Waals surface area contributed by atoms with Crippen molar-refractivity contribution in [3.63, 3.8) is 0 Å². The molecule has 0 fully saturated rings. The number of sulfone groups is 2. The summed E-state index contributed by atoms with van der Waals surface area (Å²) in [6.45, 7) is 3.08. The van der Waals surface area contributed by atoms with Gasteiger partial charge in [0.2, 0.25) is 19.7 Å². The average Bonchev–Trinajstić information content (AvgIpc) is 3.49. The van der Waals surface area contributed by atoms with Crippen LogP contribution >= 0.6 is 0 Å². The van der Waals surface area contributed by atoms with Gasteiger partial charge in [0, 0.05) is 33.4 Å². The van der Waals surface area contributed by atoms with Crippen molar-refractivity contribution in [1.29, 1.82) is 0 Å². The van der Waals surface area contributed by atoms with Crippen molar-refractivity contribution in [2.24, 2.45) is 0 Å². The fourth-order valence-corrected chi connectivity index (χ4v) is 11.2. The van der Waals surface area contributed by atoms with E-state index in [1.165, 1.54) is 38.1 Å². The van der Waals surface area contributed by atoms with Crippen LogP contribution < -0.4 is 0 Å². The van der Waals surface area contributed by atoms with Crippen LogP contribution in [0.25, 0.3) is 33.4 Å². The molecule has 0 spiro atoms. The van der Waals surface area contributed by atoms with Crippen molar-refractivity contribution in [2.75, 3.05) is 0 Å². The monoisotopic (exact) mass is 740 g/mol. The number of alkyl halides is 6. The molecule has 12 heteroatoms. The highest BCUT2D eigenvalue weighted by Gasteiger charge is 2.81. The van der Waals surface area contributed by atoms with Gasteiger partial charge in [-0.25, -0.2) is 16.8 Å². The van der Waals surface area contributed by atoms with E-state index in [1.54, 1.807) is 60.7 Å². The van der Waals surface area contributed by atoms with E-state index in [0.29, 0.717) is 22.3 Å². The maximum atomic E-state index is 16.4. The molecular formula is C39H30F6O4S2. The molecule has 4 nitrogen and oxygen atoms in total. The first-order chi connectivity index (χ1) is 24.0. The number of hydrogen-bond donors (Lipinski definition) is 0. The third-order valence-corrected chi connectivity index (χ3v) is 13.6. The fourth-order valence-electron chi connectivity index (χ4n) is 7.27. The summed E-state index contributed by atoms with van der Waals surface area (Å²) in [6, 6.07) is 24.5. The van der Waals surface area contributed by atoms with E-state index in [4.69, 9.17) is 0 Å². The van der Waals surface area contributed by atoms with Crippen molar-refractivity contribution in [3.8, 4) is 22.3 Å². The Morgan fingerprint density at radius 3 is 1.18 bits per heavy atom. The fraction of sp³-hybridized carbons (Fsp3) is 0.231. The lowest BCUT2D eigenvalue weighted by atomic mass is 9.86. The molecule has 0 atom stereocenters. The van der Waals surface area contributed by atoms with Crippen molar-refractivity contribution < 1.29 is 43.2 Å². The van der Waals surface area contributed by atoms with Crippen LogP contribution in [0, 0.1) is 0 Å². The van der Waals surface area contributed by atoms with Crippen LogP contribution in [0.3, 0.4) is 0 Å². The van der Waals surface area contributed by atoms with Crippen LogP contribution in [0.2, 0.25) is 0 Å². The van der Waals surface area contributed by atoms with Gasteiger partial charge >= 0.3 is 17.8 Å². The van der Waals surface area contributed by atoms with E-state index in [9.17, 15) is 16.8 Å². The van der Waals surface area contributed by atoms with Crippen LogP contribution in [0.4, 0.5) is 26.3 Å². The molecule has 51 heavy (non-hydrogen) atoms. The lowest BCUT2D eigenvalue weighted by molar-refractivity contribution is -0.263. The van der Waals surface area contributed by atoms with Gasteiger partial charge in [0.05, 0.1) is 19.6 Å². The Hall–Kier alpha value is -4.42. The molecule has 4 aromatic carbocycles. The molecule has 7 rings (SSSR count). The number of rotatable bonds is 8. The minimum absolute atomic E-state index is 0.0435. The SMILES string of the molecule is CCCC1=C(C2=C(C3=C(CCC)S(=O)(=O)c4cc(-c5ccccc5)ccc43)C(F)(F)C(F)(F)C2(F)F)c2ccc(-c3ccccc3)cc2S1(=O)=O. The topological polar surface area (TPSA) is 68.3 Å². The molecule has 1 aliphatic carbocycles. The number of hydrogen-bond acceptors (Lipinski definition) is 4. The van der Waals surface area contributed by atoms with E-state index < -0.39 is 103 Å². The standard InChI is InChI=1S/C39H30F6O4S2/c1-3-11-29-33(27-19-17-25(21-31(27)50(29,46)47)23-13-7-5-8-14-23)35-36(38(42,43)39(44,45)37(35,40)41)34-28-20-18-26(24-15-9-6-10-16-24)22-32(28)51(48,49)30(34)12-4-2/h5-10,13-22H,3-4,11-12H2,1-2H3. The van der Waals surface area contributed by atoms with Crippen LogP contribution in [0.5, 0.6) is 0 Å². The number of benzene rings is 4. The van der Waals surface area contributed by atoms with E-state index in [1.807, 2.05) is 0 Å². The lowest BCUT2D eigenvalue weighted by Crippen LogP contribution is -2.49. The Morgan fingerprint density at radius 1 is 0.490 bits per heavy atom. The van der Waals surface area contributed by atoms with Crippen molar-refractivity contribution in [2.45, 2.75) is 67.1 Å². The smallest absolute Gasteiger partial charge is 0.219 e. The van der Waals surface area contributed by atoms with Crippen LogP contribution in [-0.2, 0) is 19.7 Å². The van der Waals surface area contributed by atoms with Gasteiger partial charge < -0.3 is 0 Å². The molecular weight excluding hydrogens is 711 g/mol. The van der Waals surface area contributed by atoms with Gasteiger partial charge in [-0.1, -0.05) is 112 Å². The molecule has 0 bridgehead atoms. The molecule has 0 amide bonds. The molecule has 3 aliphatic rings. The van der Waals surface area contributed by atoms with Gasteiger partial charge in [0.25, 0.3) is 0 Å². The quantitative estimate of drug-likeness (QED) is 0.169. The van der Waals surface area contributed by atoms with Gasteiger partial charge in [-0.15, -0.1) is 0 Å². The molecule has 0 radical (unpaired) electrons. The average molecular weight is 741 g/mol. The Morgan fingerprint density at radius 2 is 0.843 bits per heavy atom. The van der Waals surface area contributed by atoms with Crippen molar-refractivity contribution >= 4 is 30.8 Å². The summed E-state index contributed by atoms with van der Waals surface area (Å²) in [7, 11) is -9.31. The summed E-state index contributed by atoms with van der Waals surface area (Å²) >= 11 is 0. The van der Waals surface area contributed by atoms with Gasteiger partial charge in [0.1, 0.15) is 0 Å². The molecule has 2 heterocycles. The molecule has 264 valence electrons. The Kier molecular flexibility index (Phi) is 8.11. The highest BCUT2D eigenvalue weighted by Crippen LogP contribution is 2.67. The predicted octanol–water partition coefficient (Wildman–Crippen LogP) is 10.5. The summed E-state index contributed by atoms with van der Waals surface area (Å²) in [4.78, 5) is -2.38. The molecule has 0 saturated carbocycles. The minimum Gasteiger partial charge on any atom is -0.219 e. The maximum absolute atomic E-state index is 16.4. The highest BCUT2D eigenvalue weighted by atomic mass is 32.2. The zero-order valence-electron chi connectivity index (χ0n) is 27.3. The summed E-state index contributed by atoms with van der Waals surface area (Å²) in [5.41, 5.74) is -4.63. The van der Waals surface area contributed by atoms with E-state index in [0.717, 1.165) is 12.1 Å². The van der Waals surface area contributed by atoms with E-state index in [2.05, 4.69) is 0 Å². The van der Waals surface area contributed by atoms with Crippen LogP contribution in [-0.4, -0.2) is 34.6 Å². The predicted molar refractivity (Wildman–Crippen MR) is 184 cm³/mol. The van der Waals surface area contributed by atoms with Gasteiger partial charge in [-0.05, 0) is 47.2 Å². The Labute approximate surface area is 291 Å². The van der Waals surface area contributed by atoms with E-state index >= 15 is 26.3 Å².